The largest absolute Gasteiger partial charge is 0.478 e. The third kappa shape index (κ3) is 4.76. The summed E-state index contributed by atoms with van der Waals surface area (Å²) in [6.07, 6.45) is 3.98. The van der Waals surface area contributed by atoms with Crippen molar-refractivity contribution < 1.29 is 19.4 Å². The number of hydrogen-bond donors (Lipinski definition) is 2. The second-order valence-electron chi connectivity index (χ2n) is 4.40. The molecule has 1 aromatic heterocycles. The first kappa shape index (κ1) is 17.0. The summed E-state index contributed by atoms with van der Waals surface area (Å²) in [7, 11) is 0. The number of esters is 1. The lowest BCUT2D eigenvalue weighted by Crippen LogP contribution is -2.06. The van der Waals surface area contributed by atoms with Gasteiger partial charge in [-0.1, -0.05) is 0 Å². The second-order valence-corrected chi connectivity index (χ2v) is 5.53. The number of nitrogen functional groups attached to an aromatic ring is 1. The van der Waals surface area contributed by atoms with Crippen LogP contribution in [0.2, 0.25) is 0 Å². The van der Waals surface area contributed by atoms with Crippen molar-refractivity contribution in [2.24, 2.45) is 0 Å². The molecule has 0 aromatic carbocycles. The summed E-state index contributed by atoms with van der Waals surface area (Å²) in [6, 6.07) is 1.68. The monoisotopic (exact) mass is 310 g/mol. The van der Waals surface area contributed by atoms with E-state index in [2.05, 4.69) is 4.74 Å². The number of thiophene rings is 1. The smallest absolute Gasteiger partial charge is 0.338 e. The SMILES string of the molecule is CCOC(=O)CC#N.Nc1sc2c(c1C(=O)O)CCCC2. The molecule has 0 aliphatic heterocycles. The van der Waals surface area contributed by atoms with Gasteiger partial charge in [-0.15, -0.1) is 11.3 Å². The van der Waals surface area contributed by atoms with Gasteiger partial charge in [0.05, 0.1) is 18.2 Å². The van der Waals surface area contributed by atoms with Crippen LogP contribution in [-0.2, 0) is 22.4 Å². The molecule has 114 valence electrons. The fourth-order valence-corrected chi connectivity index (χ4v) is 3.25. The zero-order chi connectivity index (χ0) is 15.8. The summed E-state index contributed by atoms with van der Waals surface area (Å²) < 4.78 is 4.42. The Morgan fingerprint density at radius 3 is 2.67 bits per heavy atom. The molecule has 2 rings (SSSR count). The number of carboxylic acid groups (broad SMARTS) is 1. The maximum Gasteiger partial charge on any atom is 0.338 e. The summed E-state index contributed by atoms with van der Waals surface area (Å²) in [5, 5.41) is 17.3. The second kappa shape index (κ2) is 8.27. The molecule has 0 amide bonds. The van der Waals surface area contributed by atoms with E-state index < -0.39 is 11.9 Å². The first-order valence-electron chi connectivity index (χ1n) is 6.67. The Hall–Kier alpha value is -2.07. The Balaban J connectivity index is 0.000000240. The van der Waals surface area contributed by atoms with Gasteiger partial charge in [0.25, 0.3) is 0 Å². The third-order valence-corrected chi connectivity index (χ3v) is 4.06. The van der Waals surface area contributed by atoms with Crippen LogP contribution in [0, 0.1) is 11.3 Å². The lowest BCUT2D eigenvalue weighted by Gasteiger charge is -2.10. The molecule has 0 atom stereocenters. The Kier molecular flexibility index (Phi) is 6.69. The molecule has 1 heterocycles. The van der Waals surface area contributed by atoms with Gasteiger partial charge in [0, 0.05) is 4.88 Å². The summed E-state index contributed by atoms with van der Waals surface area (Å²) >= 11 is 1.44. The van der Waals surface area contributed by atoms with Crippen LogP contribution in [0.3, 0.4) is 0 Å². The number of carbonyl (C=O) groups excluding carboxylic acids is 1. The quantitative estimate of drug-likeness (QED) is 0.828. The van der Waals surface area contributed by atoms with E-state index in [1.54, 1.807) is 13.0 Å². The molecule has 0 radical (unpaired) electrons. The molecular weight excluding hydrogens is 292 g/mol. The number of carbonyl (C=O) groups is 2. The van der Waals surface area contributed by atoms with Crippen molar-refractivity contribution in [2.45, 2.75) is 39.0 Å². The number of nitrogens with two attached hydrogens (primary N) is 1. The molecule has 21 heavy (non-hydrogen) atoms. The van der Waals surface area contributed by atoms with Gasteiger partial charge in [0.15, 0.2) is 0 Å². The lowest BCUT2D eigenvalue weighted by atomic mass is 9.96. The third-order valence-electron chi connectivity index (χ3n) is 2.94. The number of aromatic carboxylic acids is 1. The Morgan fingerprint density at radius 1 is 1.43 bits per heavy atom. The number of hydrogen-bond acceptors (Lipinski definition) is 6. The van der Waals surface area contributed by atoms with E-state index in [-0.39, 0.29) is 6.42 Å². The molecule has 1 aliphatic rings. The number of ether oxygens (including phenoxy) is 1. The molecule has 0 fully saturated rings. The summed E-state index contributed by atoms with van der Waals surface area (Å²) in [5.74, 6) is -1.33. The predicted molar refractivity (Wildman–Crippen MR) is 79.2 cm³/mol. The number of anilines is 1. The van der Waals surface area contributed by atoms with Crippen molar-refractivity contribution in [3.63, 3.8) is 0 Å². The van der Waals surface area contributed by atoms with E-state index in [4.69, 9.17) is 16.1 Å². The van der Waals surface area contributed by atoms with Gasteiger partial charge >= 0.3 is 11.9 Å². The van der Waals surface area contributed by atoms with Crippen molar-refractivity contribution in [1.82, 2.24) is 0 Å². The summed E-state index contributed by atoms with van der Waals surface area (Å²) in [6.45, 7) is 2.05. The van der Waals surface area contributed by atoms with Crippen LogP contribution in [0.5, 0.6) is 0 Å². The van der Waals surface area contributed by atoms with Gasteiger partial charge in [0.1, 0.15) is 11.4 Å². The van der Waals surface area contributed by atoms with Gasteiger partial charge < -0.3 is 15.6 Å². The molecule has 7 heteroatoms. The number of rotatable bonds is 3. The molecular formula is C14H18N2O4S. The number of aryl methyl sites for hydroxylation is 1. The maximum atomic E-state index is 10.9. The van der Waals surface area contributed by atoms with Crippen LogP contribution in [-0.4, -0.2) is 23.7 Å². The number of carboxylic acids is 1. The van der Waals surface area contributed by atoms with Crippen LogP contribution < -0.4 is 5.73 Å². The zero-order valence-corrected chi connectivity index (χ0v) is 12.7. The minimum absolute atomic E-state index is 0.145. The van der Waals surface area contributed by atoms with E-state index in [0.717, 1.165) is 31.2 Å². The Morgan fingerprint density at radius 2 is 2.10 bits per heavy atom. The fraction of sp³-hybridized carbons (Fsp3) is 0.500. The maximum absolute atomic E-state index is 10.9. The first-order valence-corrected chi connectivity index (χ1v) is 7.48. The van der Waals surface area contributed by atoms with E-state index in [0.29, 0.717) is 17.2 Å². The molecule has 0 saturated carbocycles. The lowest BCUT2D eigenvalue weighted by molar-refractivity contribution is -0.141. The van der Waals surface area contributed by atoms with E-state index in [9.17, 15) is 9.59 Å². The predicted octanol–water partition coefficient (Wildman–Crippen LogP) is 2.37. The molecule has 1 aliphatic carbocycles. The van der Waals surface area contributed by atoms with Crippen molar-refractivity contribution in [3.05, 3.63) is 16.0 Å². The van der Waals surface area contributed by atoms with Crippen LogP contribution in [0.25, 0.3) is 0 Å². The van der Waals surface area contributed by atoms with E-state index in [1.807, 2.05) is 0 Å². The highest BCUT2D eigenvalue weighted by molar-refractivity contribution is 7.16. The summed E-state index contributed by atoms with van der Waals surface area (Å²) in [4.78, 5) is 22.3. The fourth-order valence-electron chi connectivity index (χ4n) is 2.10. The highest BCUT2D eigenvalue weighted by Crippen LogP contribution is 2.35. The molecule has 0 unspecified atom stereocenters. The van der Waals surface area contributed by atoms with Gasteiger partial charge in [-0.05, 0) is 38.2 Å². The van der Waals surface area contributed by atoms with Crippen LogP contribution in [0.4, 0.5) is 5.00 Å². The van der Waals surface area contributed by atoms with Crippen LogP contribution in [0.15, 0.2) is 0 Å². The van der Waals surface area contributed by atoms with Crippen molar-refractivity contribution in [1.29, 1.82) is 5.26 Å². The molecule has 0 saturated heterocycles. The van der Waals surface area contributed by atoms with E-state index >= 15 is 0 Å². The highest BCUT2D eigenvalue weighted by atomic mass is 32.1. The Labute approximate surface area is 127 Å². The van der Waals surface area contributed by atoms with E-state index in [1.165, 1.54) is 16.2 Å². The minimum atomic E-state index is -0.878. The molecule has 6 nitrogen and oxygen atoms in total. The van der Waals surface area contributed by atoms with Crippen molar-refractivity contribution in [2.75, 3.05) is 12.3 Å². The standard InChI is InChI=1S/C9H11NO2S.C5H7NO2/c10-8-7(9(11)12)5-3-1-2-4-6(5)13-8;1-2-8-5(7)3-4-6/h1-4,10H2,(H,11,12);2-3H2,1H3. The molecule has 0 bridgehead atoms. The normalized spacial score (nSPS) is 12.4. The number of nitriles is 1. The minimum Gasteiger partial charge on any atom is -0.478 e. The summed E-state index contributed by atoms with van der Waals surface area (Å²) in [5.41, 5.74) is 7.01. The van der Waals surface area contributed by atoms with Gasteiger partial charge in [-0.2, -0.15) is 5.26 Å². The number of nitrogens with zero attached hydrogens (tertiary/aromatic N) is 1. The molecule has 0 spiro atoms. The van der Waals surface area contributed by atoms with Gasteiger partial charge in [-0.25, -0.2) is 4.79 Å². The van der Waals surface area contributed by atoms with Crippen molar-refractivity contribution in [3.8, 4) is 6.07 Å². The topological polar surface area (TPSA) is 113 Å². The van der Waals surface area contributed by atoms with Gasteiger partial charge in [-0.3, -0.25) is 4.79 Å². The van der Waals surface area contributed by atoms with Crippen LogP contribution in [0.1, 0.15) is 47.0 Å². The Bertz CT molecular complexity index is 560. The zero-order valence-electron chi connectivity index (χ0n) is 11.8. The average molecular weight is 310 g/mol. The number of fused-ring (bicyclic) bond motifs is 1. The van der Waals surface area contributed by atoms with Gasteiger partial charge in [0.2, 0.25) is 0 Å². The molecule has 3 N–H and O–H groups in total. The molecule has 1 aromatic rings. The highest BCUT2D eigenvalue weighted by Gasteiger charge is 2.23. The van der Waals surface area contributed by atoms with Crippen LogP contribution >= 0.6 is 11.3 Å². The van der Waals surface area contributed by atoms with Crippen molar-refractivity contribution >= 4 is 28.3 Å². The first-order chi connectivity index (χ1) is 10.0. The average Bonchev–Trinajstić information content (AvgIpc) is 2.75.